The Morgan fingerprint density at radius 1 is 1.21 bits per heavy atom. The summed E-state index contributed by atoms with van der Waals surface area (Å²) in [6, 6.07) is 8.80. The molecule has 1 aromatic rings. The third-order valence-corrected chi connectivity index (χ3v) is 3.75. The Balaban J connectivity index is 2.05. The highest BCUT2D eigenvalue weighted by Crippen LogP contribution is 2.33. The van der Waals surface area contributed by atoms with E-state index in [0.717, 1.165) is 13.2 Å². The third kappa shape index (κ3) is 4.32. The first-order valence-electron chi connectivity index (χ1n) is 7.39. The van der Waals surface area contributed by atoms with E-state index in [9.17, 15) is 0 Å². The Labute approximate surface area is 117 Å². The molecule has 2 rings (SSSR count). The molecule has 1 aliphatic heterocycles. The molecule has 1 aliphatic rings. The molecule has 1 aromatic carbocycles. The largest absolute Gasteiger partial charge is 0.373 e. The van der Waals surface area contributed by atoms with Crippen LogP contribution in [0.3, 0.4) is 0 Å². The van der Waals surface area contributed by atoms with Crippen molar-refractivity contribution in [3.8, 4) is 0 Å². The van der Waals surface area contributed by atoms with Crippen molar-refractivity contribution in [3.05, 3.63) is 35.4 Å². The zero-order chi connectivity index (χ0) is 13.9. The predicted octanol–water partition coefficient (Wildman–Crippen LogP) is 3.85. The van der Waals surface area contributed by atoms with Crippen LogP contribution in [0.25, 0.3) is 0 Å². The van der Waals surface area contributed by atoms with E-state index in [0.29, 0.717) is 5.92 Å². The van der Waals surface area contributed by atoms with Crippen LogP contribution in [0.15, 0.2) is 24.3 Å². The Hall–Kier alpha value is -0.860. The first kappa shape index (κ1) is 14.5. The lowest BCUT2D eigenvalue weighted by Gasteiger charge is -2.34. The topological polar surface area (TPSA) is 21.3 Å². The van der Waals surface area contributed by atoms with E-state index < -0.39 is 0 Å². The Morgan fingerprint density at radius 3 is 2.53 bits per heavy atom. The SMILES string of the molecule is Cc1ccc(C2OCCCC2CNC(C)(C)C)cc1. The fourth-order valence-corrected chi connectivity index (χ4v) is 2.61. The van der Waals surface area contributed by atoms with Gasteiger partial charge in [-0.2, -0.15) is 0 Å². The highest BCUT2D eigenvalue weighted by molar-refractivity contribution is 5.24. The molecule has 106 valence electrons. The Bertz CT molecular complexity index is 391. The predicted molar refractivity (Wildman–Crippen MR) is 80.4 cm³/mol. The molecule has 0 aromatic heterocycles. The molecular weight excluding hydrogens is 234 g/mol. The van der Waals surface area contributed by atoms with Crippen molar-refractivity contribution in [2.75, 3.05) is 13.2 Å². The molecule has 0 radical (unpaired) electrons. The minimum Gasteiger partial charge on any atom is -0.373 e. The molecule has 0 spiro atoms. The number of hydrogen-bond donors (Lipinski definition) is 1. The summed E-state index contributed by atoms with van der Waals surface area (Å²) in [7, 11) is 0. The van der Waals surface area contributed by atoms with Crippen LogP contribution in [0.2, 0.25) is 0 Å². The number of ether oxygens (including phenoxy) is 1. The van der Waals surface area contributed by atoms with E-state index in [-0.39, 0.29) is 11.6 Å². The van der Waals surface area contributed by atoms with E-state index in [1.807, 2.05) is 0 Å². The molecule has 1 saturated heterocycles. The number of hydrogen-bond acceptors (Lipinski definition) is 2. The minimum absolute atomic E-state index is 0.176. The second kappa shape index (κ2) is 6.06. The third-order valence-electron chi connectivity index (χ3n) is 3.75. The molecule has 2 nitrogen and oxygen atoms in total. The molecule has 1 fully saturated rings. The van der Waals surface area contributed by atoms with Gasteiger partial charge >= 0.3 is 0 Å². The summed E-state index contributed by atoms with van der Waals surface area (Å²) in [5.74, 6) is 0.579. The van der Waals surface area contributed by atoms with E-state index in [1.165, 1.54) is 24.0 Å². The van der Waals surface area contributed by atoms with Crippen LogP contribution in [0.5, 0.6) is 0 Å². The van der Waals surface area contributed by atoms with Crippen molar-refractivity contribution in [2.24, 2.45) is 5.92 Å². The number of rotatable bonds is 3. The van der Waals surface area contributed by atoms with Crippen molar-refractivity contribution in [1.82, 2.24) is 5.32 Å². The zero-order valence-electron chi connectivity index (χ0n) is 12.7. The van der Waals surface area contributed by atoms with Gasteiger partial charge in [0.25, 0.3) is 0 Å². The fraction of sp³-hybridized carbons (Fsp3) is 0.647. The zero-order valence-corrected chi connectivity index (χ0v) is 12.7. The van der Waals surface area contributed by atoms with Crippen molar-refractivity contribution in [1.29, 1.82) is 0 Å². The first-order valence-corrected chi connectivity index (χ1v) is 7.39. The average Bonchev–Trinajstić information content (AvgIpc) is 2.37. The minimum atomic E-state index is 0.176. The lowest BCUT2D eigenvalue weighted by Crippen LogP contribution is -2.41. The second-order valence-corrected chi connectivity index (χ2v) is 6.74. The molecule has 0 saturated carbocycles. The number of benzene rings is 1. The van der Waals surface area contributed by atoms with Crippen molar-refractivity contribution < 1.29 is 4.74 Å². The average molecular weight is 261 g/mol. The van der Waals surface area contributed by atoms with Gasteiger partial charge in [0.15, 0.2) is 0 Å². The summed E-state index contributed by atoms with van der Waals surface area (Å²) < 4.78 is 6.04. The van der Waals surface area contributed by atoms with E-state index in [1.54, 1.807) is 0 Å². The normalized spacial score (nSPS) is 24.4. The smallest absolute Gasteiger partial charge is 0.0865 e. The van der Waals surface area contributed by atoms with E-state index in [2.05, 4.69) is 57.3 Å². The van der Waals surface area contributed by atoms with Crippen LogP contribution < -0.4 is 5.32 Å². The first-order chi connectivity index (χ1) is 8.96. The van der Waals surface area contributed by atoms with Gasteiger partial charge in [0, 0.05) is 24.6 Å². The van der Waals surface area contributed by atoms with Crippen LogP contribution in [0.1, 0.15) is 50.8 Å². The summed E-state index contributed by atoms with van der Waals surface area (Å²) in [4.78, 5) is 0. The fourth-order valence-electron chi connectivity index (χ4n) is 2.61. The van der Waals surface area contributed by atoms with Crippen LogP contribution in [0.4, 0.5) is 0 Å². The van der Waals surface area contributed by atoms with Crippen LogP contribution in [0, 0.1) is 12.8 Å². The summed E-state index contributed by atoms with van der Waals surface area (Å²) in [5.41, 5.74) is 2.81. The second-order valence-electron chi connectivity index (χ2n) is 6.74. The van der Waals surface area contributed by atoms with Gasteiger partial charge in [-0.3, -0.25) is 0 Å². The Morgan fingerprint density at radius 2 is 1.89 bits per heavy atom. The standard InChI is InChI=1S/C17H27NO/c1-13-7-9-14(10-8-13)16-15(6-5-11-19-16)12-18-17(2,3)4/h7-10,15-16,18H,5-6,11-12H2,1-4H3. The number of nitrogens with one attached hydrogen (secondary N) is 1. The highest BCUT2D eigenvalue weighted by atomic mass is 16.5. The van der Waals surface area contributed by atoms with Crippen molar-refractivity contribution in [3.63, 3.8) is 0 Å². The molecule has 2 unspecified atom stereocenters. The molecule has 19 heavy (non-hydrogen) atoms. The number of aryl methyl sites for hydroxylation is 1. The van der Waals surface area contributed by atoms with Crippen molar-refractivity contribution in [2.45, 2.75) is 52.2 Å². The monoisotopic (exact) mass is 261 g/mol. The van der Waals surface area contributed by atoms with E-state index >= 15 is 0 Å². The van der Waals surface area contributed by atoms with Gasteiger partial charge in [-0.15, -0.1) is 0 Å². The quantitative estimate of drug-likeness (QED) is 0.892. The van der Waals surface area contributed by atoms with Gasteiger partial charge in [0.1, 0.15) is 0 Å². The molecular formula is C17H27NO. The van der Waals surface area contributed by atoms with Gasteiger partial charge in [0.2, 0.25) is 0 Å². The van der Waals surface area contributed by atoms with Crippen molar-refractivity contribution >= 4 is 0 Å². The van der Waals surface area contributed by atoms with Gasteiger partial charge in [-0.1, -0.05) is 29.8 Å². The highest BCUT2D eigenvalue weighted by Gasteiger charge is 2.28. The summed E-state index contributed by atoms with van der Waals surface area (Å²) in [6.07, 6.45) is 2.68. The maximum Gasteiger partial charge on any atom is 0.0865 e. The van der Waals surface area contributed by atoms with Gasteiger partial charge < -0.3 is 10.1 Å². The lowest BCUT2D eigenvalue weighted by molar-refractivity contribution is -0.0292. The van der Waals surface area contributed by atoms with Gasteiger partial charge in [0.05, 0.1) is 6.10 Å². The van der Waals surface area contributed by atoms with Crippen LogP contribution in [-0.2, 0) is 4.74 Å². The lowest BCUT2D eigenvalue weighted by atomic mass is 9.88. The van der Waals surface area contributed by atoms with E-state index in [4.69, 9.17) is 4.74 Å². The maximum atomic E-state index is 6.04. The molecule has 0 aliphatic carbocycles. The van der Waals surface area contributed by atoms with Gasteiger partial charge in [-0.05, 0) is 46.1 Å². The molecule has 2 atom stereocenters. The molecule has 0 amide bonds. The summed E-state index contributed by atoms with van der Waals surface area (Å²) >= 11 is 0. The molecule has 1 N–H and O–H groups in total. The summed E-state index contributed by atoms with van der Waals surface area (Å²) in [5, 5.41) is 3.62. The molecule has 1 heterocycles. The van der Waals surface area contributed by atoms with Crippen LogP contribution in [-0.4, -0.2) is 18.7 Å². The van der Waals surface area contributed by atoms with Crippen LogP contribution >= 0.6 is 0 Å². The molecule has 0 bridgehead atoms. The van der Waals surface area contributed by atoms with Gasteiger partial charge in [-0.25, -0.2) is 0 Å². The maximum absolute atomic E-state index is 6.04. The Kier molecular flexibility index (Phi) is 4.64. The molecule has 2 heteroatoms. The summed E-state index contributed by atoms with van der Waals surface area (Å²) in [6.45, 7) is 10.7.